The number of methoxy groups -OCH3 is 8. The van der Waals surface area contributed by atoms with Crippen LogP contribution in [0.1, 0.15) is 150 Å². The third-order valence-corrected chi connectivity index (χ3v) is 21.0. The molecule has 113 heavy (non-hydrogen) atoms. The van der Waals surface area contributed by atoms with E-state index in [9.17, 15) is 24.0 Å². The number of halogens is 1. The number of amides is 6. The third kappa shape index (κ3) is 23.0. The van der Waals surface area contributed by atoms with Crippen molar-refractivity contribution in [1.29, 1.82) is 0 Å². The van der Waals surface area contributed by atoms with Gasteiger partial charge in [-0.1, -0.05) is 27.6 Å². The van der Waals surface area contributed by atoms with Crippen molar-refractivity contribution >= 4 is 40.7 Å². The largest absolute Gasteiger partial charge is 0.493 e. The Bertz CT molecular complexity index is 4210. The second kappa shape index (κ2) is 42.7. The molecule has 8 aromatic rings. The summed E-state index contributed by atoms with van der Waals surface area (Å²) in [7, 11) is 12.8. The number of hydrogen-bond acceptors (Lipinski definition) is 27. The van der Waals surface area contributed by atoms with Gasteiger partial charge in [-0.15, -0.1) is 0 Å². The van der Waals surface area contributed by atoms with Crippen molar-refractivity contribution in [3.05, 3.63) is 96.4 Å². The summed E-state index contributed by atoms with van der Waals surface area (Å²) in [5, 5.41) is 22.2. The highest BCUT2D eigenvalue weighted by Gasteiger charge is 2.32. The van der Waals surface area contributed by atoms with E-state index in [0.29, 0.717) is 125 Å². The minimum Gasteiger partial charge on any atom is -0.493 e. The second-order valence-corrected chi connectivity index (χ2v) is 28.0. The molecule has 0 aliphatic carbocycles. The molecule has 0 unspecified atom stereocenters. The zero-order valence-electron chi connectivity index (χ0n) is 66.0. The van der Waals surface area contributed by atoms with Crippen LogP contribution in [0.2, 0.25) is 0 Å². The molecule has 14 rings (SSSR count). The average Bonchev–Trinajstić information content (AvgIpc) is 1.70. The molecule has 4 aromatic heterocycles. The highest BCUT2D eigenvalue weighted by molar-refractivity contribution is 6.62. The molecule has 6 fully saturated rings. The first-order valence-corrected chi connectivity index (χ1v) is 38.9. The molecule has 4 N–H and O–H groups in total. The van der Waals surface area contributed by atoms with Crippen molar-refractivity contribution < 1.29 is 80.0 Å². The second-order valence-electron chi connectivity index (χ2n) is 27.7. The van der Waals surface area contributed by atoms with Gasteiger partial charge in [-0.05, 0) is 187 Å². The molecule has 34 heteroatoms. The fraction of sp³-hybridized carbons (Fsp3) is 0.532. The number of urea groups is 1. The number of aromatic nitrogens is 8. The normalized spacial score (nSPS) is 16.3. The Hall–Kier alpha value is -10.8. The number of nitrogens with one attached hydrogen (secondary N) is 2. The number of nitrogens with two attached hydrogens (primary N) is 1. The van der Waals surface area contributed by atoms with E-state index < -0.39 is 0 Å². The first-order chi connectivity index (χ1) is 55.0. The topological polar surface area (TPSA) is 381 Å². The minimum atomic E-state index is -0.297. The molecule has 4 aromatic carbocycles. The smallest absolute Gasteiger partial charge is 0.317 e. The van der Waals surface area contributed by atoms with E-state index in [1.54, 1.807) is 88.6 Å². The fourth-order valence-corrected chi connectivity index (χ4v) is 14.2. The van der Waals surface area contributed by atoms with Crippen LogP contribution in [0, 0.1) is 0 Å². The van der Waals surface area contributed by atoms with E-state index in [0.717, 1.165) is 164 Å². The van der Waals surface area contributed by atoms with Crippen molar-refractivity contribution in [3.63, 3.8) is 0 Å². The summed E-state index contributed by atoms with van der Waals surface area (Å²) in [4.78, 5) is 85.8. The lowest BCUT2D eigenvalue weighted by atomic mass is 9.96. The lowest BCUT2D eigenvalue weighted by Gasteiger charge is -2.31. The summed E-state index contributed by atoms with van der Waals surface area (Å²) >= 11 is 5.24. The molecule has 610 valence electrons. The number of carbonyl (C=O) groups excluding carboxylic acids is 5. The molecule has 6 saturated heterocycles. The van der Waals surface area contributed by atoms with Crippen molar-refractivity contribution in [2.75, 3.05) is 149 Å². The van der Waals surface area contributed by atoms with Gasteiger partial charge in [0.05, 0.1) is 70.0 Å². The van der Waals surface area contributed by atoms with Gasteiger partial charge in [-0.3, -0.25) is 19.2 Å². The Labute approximate surface area is 662 Å². The van der Waals surface area contributed by atoms with E-state index in [1.807, 2.05) is 72.5 Å². The van der Waals surface area contributed by atoms with Crippen LogP contribution in [0.3, 0.4) is 0 Å². The standard InChI is InChI=1S/C23H31N5O5.C18H23N3O4.C17H22N4O4.C15H19N3O3.C6H10ClNO/c1-31-18-7-6-17(14-19(18)32-2)21-25-22(33-26-21)16-8-12-27(13-9-16)20(29)15-24-23(30)28-10-4-3-5-11-28;1-4-16(22)21-9-7-12(8-10-21)18-19-17(20-25-18)13-5-6-14(23-2)15(11-13)24-3;1-23-13-4-3-12(9-14(13)24-2)16-19-17(25-20-16)11-5-7-21(8-6-11)15(22)10-18;1-19-12-4-3-11(9-13(12)20-2)14-17-15(21-18-14)10-5-7-16-8-6-10;7-6(9)8-4-2-1-3-5-8/h6-7,14,16H,3-5,8-13,15H2,1-2H3,(H,24,30);5-6,11-12H,4,7-10H2,1-3H3;3-4,9,11H,5-8,10,18H2,1-2H3;3-4,9-10,16H,5-8H2,1-2H3;1-5H2. The lowest BCUT2D eigenvalue weighted by molar-refractivity contribution is -0.132. The first kappa shape index (κ1) is 84.6. The molecule has 33 nitrogen and oxygen atoms in total. The Morgan fingerprint density at radius 3 is 0.973 bits per heavy atom. The summed E-state index contributed by atoms with van der Waals surface area (Å²) in [6.07, 6.45) is 14.0. The van der Waals surface area contributed by atoms with Gasteiger partial charge in [0.25, 0.3) is 0 Å². The van der Waals surface area contributed by atoms with Crippen molar-refractivity contribution in [2.24, 2.45) is 5.73 Å². The van der Waals surface area contributed by atoms with Crippen LogP contribution >= 0.6 is 11.6 Å². The van der Waals surface area contributed by atoms with E-state index >= 15 is 0 Å². The van der Waals surface area contributed by atoms with Crippen LogP contribution in [-0.2, 0) is 14.4 Å². The van der Waals surface area contributed by atoms with Gasteiger partial charge < -0.3 is 96.9 Å². The van der Waals surface area contributed by atoms with Gasteiger partial charge in [0.1, 0.15) is 0 Å². The molecule has 6 amide bonds. The Balaban J connectivity index is 0.000000155. The predicted molar refractivity (Wildman–Crippen MR) is 417 cm³/mol. The number of piperidine rings is 6. The number of carbonyl (C=O) groups is 5. The summed E-state index contributed by atoms with van der Waals surface area (Å²) in [6, 6.07) is 21.9. The molecule has 10 heterocycles. The highest BCUT2D eigenvalue weighted by atomic mass is 35.5. The van der Waals surface area contributed by atoms with Crippen LogP contribution in [0.25, 0.3) is 45.6 Å². The zero-order chi connectivity index (χ0) is 80.2. The maximum absolute atomic E-state index is 12.5. The first-order valence-electron chi connectivity index (χ1n) is 38.5. The molecule has 0 atom stereocenters. The number of benzene rings is 4. The number of nitrogens with zero attached hydrogens (tertiary/aromatic N) is 13. The minimum absolute atomic E-state index is 0.0185. The Kier molecular flexibility index (Phi) is 32.0. The fourth-order valence-electron chi connectivity index (χ4n) is 14.1. The van der Waals surface area contributed by atoms with Crippen molar-refractivity contribution in [3.8, 4) is 91.5 Å². The monoisotopic (exact) mass is 1580 g/mol. The van der Waals surface area contributed by atoms with Gasteiger partial charge in [0.2, 0.25) is 64.6 Å². The van der Waals surface area contributed by atoms with Crippen LogP contribution in [0.5, 0.6) is 46.0 Å². The third-order valence-electron chi connectivity index (χ3n) is 20.7. The summed E-state index contributed by atoms with van der Waals surface area (Å²) in [5.74, 6) is 10.7. The van der Waals surface area contributed by atoms with Gasteiger partial charge in [0, 0.05) is 118 Å². The number of ether oxygens (including phenoxy) is 8. The quantitative estimate of drug-likeness (QED) is 0.0471. The molecule has 0 bridgehead atoms. The Morgan fingerprint density at radius 2 is 0.690 bits per heavy atom. The molecule has 0 radical (unpaired) electrons. The van der Waals surface area contributed by atoms with Crippen LogP contribution in [0.4, 0.5) is 9.59 Å². The summed E-state index contributed by atoms with van der Waals surface area (Å²) in [6.45, 7) is 11.2. The van der Waals surface area contributed by atoms with Gasteiger partial charge >= 0.3 is 11.4 Å². The molecular weight excluding hydrogens is 1480 g/mol. The van der Waals surface area contributed by atoms with Crippen molar-refractivity contribution in [2.45, 2.75) is 127 Å². The van der Waals surface area contributed by atoms with Crippen LogP contribution in [-0.4, -0.2) is 243 Å². The zero-order valence-corrected chi connectivity index (χ0v) is 66.7. The molecule has 0 spiro atoms. The van der Waals surface area contributed by atoms with Gasteiger partial charge in [0.15, 0.2) is 46.0 Å². The average molecular weight is 1590 g/mol. The number of rotatable bonds is 20. The maximum atomic E-state index is 12.5. The summed E-state index contributed by atoms with van der Waals surface area (Å²) < 4.78 is 64.1. The van der Waals surface area contributed by atoms with Crippen LogP contribution in [0.15, 0.2) is 90.9 Å². The summed E-state index contributed by atoms with van der Waals surface area (Å²) in [5.41, 5.74) is 8.65. The van der Waals surface area contributed by atoms with Crippen molar-refractivity contribution in [1.82, 2.24) is 75.7 Å². The van der Waals surface area contributed by atoms with E-state index in [-0.39, 0.29) is 60.0 Å². The molecule has 6 aliphatic heterocycles. The van der Waals surface area contributed by atoms with E-state index in [1.165, 1.54) is 6.42 Å². The van der Waals surface area contributed by atoms with Crippen LogP contribution < -0.4 is 54.3 Å². The van der Waals surface area contributed by atoms with E-state index in [2.05, 4.69) is 51.2 Å². The van der Waals surface area contributed by atoms with Gasteiger partial charge in [-0.25, -0.2) is 4.79 Å². The number of likely N-dealkylation sites (tertiary alicyclic amines) is 5. The van der Waals surface area contributed by atoms with E-state index in [4.69, 9.17) is 73.3 Å². The highest BCUT2D eigenvalue weighted by Crippen LogP contribution is 2.39. The molecular formula is C79H105ClN16O17. The Morgan fingerprint density at radius 1 is 0.398 bits per heavy atom. The number of hydrogen-bond donors (Lipinski definition) is 3. The van der Waals surface area contributed by atoms with Gasteiger partial charge in [-0.2, -0.15) is 19.9 Å². The molecule has 0 saturated carbocycles. The maximum Gasteiger partial charge on any atom is 0.317 e. The lowest BCUT2D eigenvalue weighted by Crippen LogP contribution is -2.48. The SMILES string of the molecule is CCC(=O)N1CCC(c2nc(-c3ccc(OC)c(OC)c3)no2)CC1.COc1ccc(-c2noc(C3CCN(C(=O)CN)CC3)n2)cc1OC.COc1ccc(-c2noc(C3CCN(C(=O)CNC(=O)N4CCCCC4)CC3)n2)cc1OC.COc1ccc(-c2noc(C3CCNCC3)n2)cc1OC.O=C(Cl)N1CCCCC1. The predicted octanol–water partition coefficient (Wildman–Crippen LogP) is 11.0. The molecule has 6 aliphatic rings.